The van der Waals surface area contributed by atoms with Crippen LogP contribution < -0.4 is 19.6 Å². The first-order valence-corrected chi connectivity index (χ1v) is 13.0. The molecular weight excluding hydrogens is 516 g/mol. The number of hydrogen-bond donors (Lipinski definition) is 1. The number of nitrogens with one attached hydrogen (secondary N) is 1. The minimum absolute atomic E-state index is 0.0288. The summed E-state index contributed by atoms with van der Waals surface area (Å²) in [6.07, 6.45) is 2.50. The number of benzene rings is 3. The van der Waals surface area contributed by atoms with Gasteiger partial charge in [0, 0.05) is 0 Å². The molecule has 39 heavy (non-hydrogen) atoms. The topological polar surface area (TPSA) is 86.2 Å². The van der Waals surface area contributed by atoms with Crippen molar-refractivity contribution in [2.24, 2.45) is 10.5 Å². The lowest BCUT2D eigenvalue weighted by atomic mass is 9.72. The molecule has 8 heteroatoms. The molecule has 0 fully saturated rings. The van der Waals surface area contributed by atoms with Crippen molar-refractivity contribution >= 4 is 29.7 Å². The van der Waals surface area contributed by atoms with Crippen LogP contribution in [0.1, 0.15) is 62.5 Å². The number of methoxy groups -OCH3 is 1. The van der Waals surface area contributed by atoms with E-state index in [1.54, 1.807) is 42.5 Å². The Morgan fingerprint density at radius 3 is 2.28 bits per heavy atom. The second-order valence-electron chi connectivity index (χ2n) is 11.0. The zero-order valence-electron chi connectivity index (χ0n) is 23.2. The average Bonchev–Trinajstić information content (AvgIpc) is 2.87. The van der Waals surface area contributed by atoms with E-state index in [1.165, 1.54) is 18.9 Å². The van der Waals surface area contributed by atoms with Crippen LogP contribution >= 0.6 is 11.6 Å². The zero-order chi connectivity index (χ0) is 28.6. The van der Waals surface area contributed by atoms with Gasteiger partial charge in [-0.05, 0) is 70.8 Å². The van der Waals surface area contributed by atoms with E-state index in [4.69, 9.17) is 25.8 Å². The normalized spacial score (nSPS) is 11.8. The molecule has 0 aliphatic carbocycles. The van der Waals surface area contributed by atoms with Gasteiger partial charge in [-0.15, -0.1) is 0 Å². The molecule has 1 amide bonds. The summed E-state index contributed by atoms with van der Waals surface area (Å²) in [5, 5.41) is 4.27. The van der Waals surface area contributed by atoms with E-state index >= 15 is 0 Å². The summed E-state index contributed by atoms with van der Waals surface area (Å²) < 4.78 is 16.4. The summed E-state index contributed by atoms with van der Waals surface area (Å²) in [7, 11) is 1.46. The lowest BCUT2D eigenvalue weighted by Crippen LogP contribution is -2.25. The molecule has 0 saturated heterocycles. The van der Waals surface area contributed by atoms with Crippen LogP contribution in [-0.2, 0) is 10.2 Å². The fourth-order valence-electron chi connectivity index (χ4n) is 4.42. The standard InChI is InChI=1S/C31H35ClN2O5/c1-30(2,3)20-31(4,5)22-12-14-23(15-13-22)38-19-28(35)34-33-18-21-11-16-26(27(17-21)37-6)39-29(36)24-9-7-8-10-25(24)32/h7-18H,19-20H2,1-6H3,(H,34,35)/b33-18-. The maximum absolute atomic E-state index is 12.5. The van der Waals surface area contributed by atoms with Crippen LogP contribution in [0.5, 0.6) is 17.2 Å². The van der Waals surface area contributed by atoms with Crippen molar-refractivity contribution in [3.8, 4) is 17.2 Å². The van der Waals surface area contributed by atoms with Crippen LogP contribution in [0.4, 0.5) is 0 Å². The molecule has 7 nitrogen and oxygen atoms in total. The van der Waals surface area contributed by atoms with Gasteiger partial charge >= 0.3 is 5.97 Å². The van der Waals surface area contributed by atoms with Gasteiger partial charge in [0.2, 0.25) is 0 Å². The highest BCUT2D eigenvalue weighted by Gasteiger charge is 2.27. The fourth-order valence-corrected chi connectivity index (χ4v) is 4.63. The molecule has 206 valence electrons. The Morgan fingerprint density at radius 2 is 1.64 bits per heavy atom. The summed E-state index contributed by atoms with van der Waals surface area (Å²) in [4.78, 5) is 24.7. The van der Waals surface area contributed by atoms with Gasteiger partial charge in [-0.2, -0.15) is 5.10 Å². The van der Waals surface area contributed by atoms with Gasteiger partial charge in [-0.25, -0.2) is 10.2 Å². The summed E-state index contributed by atoms with van der Waals surface area (Å²) in [5.41, 5.74) is 4.78. The molecule has 3 aromatic carbocycles. The molecule has 0 unspecified atom stereocenters. The Hall–Kier alpha value is -3.84. The van der Waals surface area contributed by atoms with Crippen molar-refractivity contribution in [2.75, 3.05) is 13.7 Å². The maximum atomic E-state index is 12.5. The van der Waals surface area contributed by atoms with Crippen molar-refractivity contribution in [1.82, 2.24) is 5.43 Å². The molecule has 1 N–H and O–H groups in total. The third-order valence-electron chi connectivity index (χ3n) is 5.86. The van der Waals surface area contributed by atoms with E-state index in [0.717, 1.165) is 6.42 Å². The van der Waals surface area contributed by atoms with Crippen LogP contribution in [0.3, 0.4) is 0 Å². The minimum atomic E-state index is -0.601. The Balaban J connectivity index is 1.53. The van der Waals surface area contributed by atoms with Crippen LogP contribution in [0.25, 0.3) is 0 Å². The van der Waals surface area contributed by atoms with Crippen LogP contribution in [0.15, 0.2) is 71.8 Å². The fraction of sp³-hybridized carbons (Fsp3) is 0.323. The molecule has 0 bridgehead atoms. The first-order valence-electron chi connectivity index (χ1n) is 12.6. The molecule has 0 heterocycles. The smallest absolute Gasteiger partial charge is 0.345 e. The lowest BCUT2D eigenvalue weighted by Gasteiger charge is -2.33. The number of nitrogens with zero attached hydrogens (tertiary/aromatic N) is 1. The number of hydrazone groups is 1. The minimum Gasteiger partial charge on any atom is -0.493 e. The summed E-state index contributed by atoms with van der Waals surface area (Å²) in [6.45, 7) is 11.0. The van der Waals surface area contributed by atoms with Crippen LogP contribution in [0, 0.1) is 5.41 Å². The Labute approximate surface area is 235 Å². The van der Waals surface area contributed by atoms with E-state index in [9.17, 15) is 9.59 Å². The molecular formula is C31H35ClN2O5. The third kappa shape index (κ3) is 8.86. The molecule has 0 saturated carbocycles. The highest BCUT2D eigenvalue weighted by atomic mass is 35.5. The highest BCUT2D eigenvalue weighted by Crippen LogP contribution is 2.36. The number of amides is 1. The van der Waals surface area contributed by atoms with Gasteiger partial charge in [-0.1, -0.05) is 70.5 Å². The van der Waals surface area contributed by atoms with Crippen LogP contribution in [0.2, 0.25) is 5.02 Å². The van der Waals surface area contributed by atoms with Crippen molar-refractivity contribution in [1.29, 1.82) is 0 Å². The summed E-state index contributed by atoms with van der Waals surface area (Å²) in [5.74, 6) is 0.153. The van der Waals surface area contributed by atoms with E-state index in [-0.39, 0.29) is 28.7 Å². The molecule has 3 aromatic rings. The predicted octanol–water partition coefficient (Wildman–Crippen LogP) is 6.81. The predicted molar refractivity (Wildman–Crippen MR) is 154 cm³/mol. The van der Waals surface area contributed by atoms with Gasteiger partial charge in [0.05, 0.1) is 23.9 Å². The Bertz CT molecular complexity index is 1330. The van der Waals surface area contributed by atoms with Gasteiger partial charge < -0.3 is 14.2 Å². The number of carbonyl (C=O) groups excluding carboxylic acids is 2. The maximum Gasteiger partial charge on any atom is 0.345 e. The number of ether oxygens (including phenoxy) is 3. The molecule has 0 aliphatic heterocycles. The lowest BCUT2D eigenvalue weighted by molar-refractivity contribution is -0.123. The van der Waals surface area contributed by atoms with Gasteiger partial charge in [0.25, 0.3) is 5.91 Å². The third-order valence-corrected chi connectivity index (χ3v) is 6.19. The van der Waals surface area contributed by atoms with E-state index in [1.807, 2.05) is 24.3 Å². The molecule has 0 radical (unpaired) electrons. The van der Waals surface area contributed by atoms with E-state index < -0.39 is 11.9 Å². The largest absolute Gasteiger partial charge is 0.493 e. The van der Waals surface area contributed by atoms with Crippen molar-refractivity contribution in [3.05, 3.63) is 88.4 Å². The SMILES string of the molecule is COc1cc(/C=N\NC(=O)COc2ccc(C(C)(C)CC(C)(C)C)cc2)ccc1OC(=O)c1ccccc1Cl. The molecule has 0 atom stereocenters. The number of carbonyl (C=O) groups is 2. The molecule has 0 spiro atoms. The quantitative estimate of drug-likeness (QED) is 0.130. The van der Waals surface area contributed by atoms with Crippen molar-refractivity contribution < 1.29 is 23.8 Å². The Kier molecular flexibility index (Phi) is 9.76. The zero-order valence-corrected chi connectivity index (χ0v) is 24.0. The van der Waals surface area contributed by atoms with E-state index in [0.29, 0.717) is 22.1 Å². The summed E-state index contributed by atoms with van der Waals surface area (Å²) in [6, 6.07) is 19.3. The van der Waals surface area contributed by atoms with Crippen molar-refractivity contribution in [3.63, 3.8) is 0 Å². The highest BCUT2D eigenvalue weighted by molar-refractivity contribution is 6.33. The first-order chi connectivity index (χ1) is 18.4. The van der Waals surface area contributed by atoms with E-state index in [2.05, 4.69) is 45.1 Å². The second-order valence-corrected chi connectivity index (χ2v) is 11.4. The molecule has 3 rings (SSSR count). The average molecular weight is 551 g/mol. The Morgan fingerprint density at radius 1 is 0.949 bits per heavy atom. The van der Waals surface area contributed by atoms with Crippen LogP contribution in [-0.4, -0.2) is 31.8 Å². The van der Waals surface area contributed by atoms with Gasteiger partial charge in [0.1, 0.15) is 5.75 Å². The second kappa shape index (κ2) is 12.8. The van der Waals surface area contributed by atoms with Crippen molar-refractivity contribution in [2.45, 2.75) is 46.5 Å². The summed E-state index contributed by atoms with van der Waals surface area (Å²) >= 11 is 6.07. The molecule has 0 aromatic heterocycles. The number of hydrogen-bond acceptors (Lipinski definition) is 6. The monoisotopic (exact) mass is 550 g/mol. The van der Waals surface area contributed by atoms with Gasteiger partial charge in [-0.3, -0.25) is 4.79 Å². The molecule has 0 aliphatic rings. The number of esters is 1. The van der Waals surface area contributed by atoms with Gasteiger partial charge in [0.15, 0.2) is 18.1 Å². The number of rotatable bonds is 10. The number of halogens is 1. The first kappa shape index (κ1) is 29.7.